The first-order valence-corrected chi connectivity index (χ1v) is 8.07. The van der Waals surface area contributed by atoms with Gasteiger partial charge in [-0.25, -0.2) is 0 Å². The highest BCUT2D eigenvalue weighted by molar-refractivity contribution is 5.44. The minimum atomic E-state index is 0.285. The van der Waals surface area contributed by atoms with E-state index in [4.69, 9.17) is 14.2 Å². The zero-order valence-electron chi connectivity index (χ0n) is 12.8. The molecule has 0 bridgehead atoms. The van der Waals surface area contributed by atoms with Crippen LogP contribution in [-0.4, -0.2) is 32.5 Å². The van der Waals surface area contributed by atoms with Crippen LogP contribution in [0.2, 0.25) is 0 Å². The first-order chi connectivity index (χ1) is 10.3. The van der Waals surface area contributed by atoms with E-state index in [-0.39, 0.29) is 6.04 Å². The highest BCUT2D eigenvalue weighted by atomic mass is 16.6. The molecule has 4 nitrogen and oxygen atoms in total. The first kappa shape index (κ1) is 14.7. The third-order valence-corrected chi connectivity index (χ3v) is 4.27. The molecule has 1 atom stereocenters. The van der Waals surface area contributed by atoms with E-state index >= 15 is 0 Å². The first-order valence-electron chi connectivity index (χ1n) is 8.07. The minimum Gasteiger partial charge on any atom is -0.486 e. The maximum absolute atomic E-state index is 5.87. The Morgan fingerprint density at radius 1 is 1.19 bits per heavy atom. The van der Waals surface area contributed by atoms with Crippen LogP contribution >= 0.6 is 0 Å². The molecule has 1 aromatic carbocycles. The fraction of sp³-hybridized carbons (Fsp3) is 0.647. The highest BCUT2D eigenvalue weighted by Crippen LogP contribution is 2.32. The Bertz CT molecular complexity index is 457. The lowest BCUT2D eigenvalue weighted by Crippen LogP contribution is -2.25. The lowest BCUT2D eigenvalue weighted by molar-refractivity contribution is 0.0593. The summed E-state index contributed by atoms with van der Waals surface area (Å²) >= 11 is 0. The molecule has 2 aliphatic rings. The van der Waals surface area contributed by atoms with E-state index in [9.17, 15) is 0 Å². The summed E-state index contributed by atoms with van der Waals surface area (Å²) in [4.78, 5) is 0. The smallest absolute Gasteiger partial charge is 0.161 e. The van der Waals surface area contributed by atoms with Crippen molar-refractivity contribution in [2.24, 2.45) is 0 Å². The van der Waals surface area contributed by atoms with E-state index in [2.05, 4.69) is 24.4 Å². The second kappa shape index (κ2) is 7.14. The van der Waals surface area contributed by atoms with Gasteiger partial charge in [-0.15, -0.1) is 0 Å². The molecule has 4 heteroatoms. The van der Waals surface area contributed by atoms with Crippen LogP contribution in [0.3, 0.4) is 0 Å². The van der Waals surface area contributed by atoms with Gasteiger partial charge >= 0.3 is 0 Å². The molecule has 1 heterocycles. The number of ether oxygens (including phenoxy) is 3. The predicted molar refractivity (Wildman–Crippen MR) is 82.1 cm³/mol. The molecule has 1 unspecified atom stereocenters. The van der Waals surface area contributed by atoms with Crippen molar-refractivity contribution in [1.82, 2.24) is 5.32 Å². The Morgan fingerprint density at radius 2 is 1.95 bits per heavy atom. The van der Waals surface area contributed by atoms with Crippen LogP contribution in [0.1, 0.15) is 44.2 Å². The normalized spacial score (nSPS) is 19.7. The average Bonchev–Trinajstić information content (AvgIpc) is 3.04. The third-order valence-electron chi connectivity index (χ3n) is 4.27. The second-order valence-corrected chi connectivity index (χ2v) is 5.86. The SMILES string of the molecule is CC(NCCOC1CCCC1)c1ccc2c(c1)OCCO2. The molecule has 21 heavy (non-hydrogen) atoms. The number of fused-ring (bicyclic) bond motifs is 1. The molecule has 1 aliphatic carbocycles. The van der Waals surface area contributed by atoms with Gasteiger partial charge in [0.25, 0.3) is 0 Å². The summed E-state index contributed by atoms with van der Waals surface area (Å²) in [5.41, 5.74) is 1.22. The summed E-state index contributed by atoms with van der Waals surface area (Å²) in [5, 5.41) is 3.51. The quantitative estimate of drug-likeness (QED) is 0.818. The molecule has 0 aromatic heterocycles. The molecule has 0 radical (unpaired) electrons. The van der Waals surface area contributed by atoms with Crippen molar-refractivity contribution in [2.45, 2.75) is 44.8 Å². The minimum absolute atomic E-state index is 0.285. The molecule has 116 valence electrons. The number of nitrogens with one attached hydrogen (secondary N) is 1. The lowest BCUT2D eigenvalue weighted by atomic mass is 10.1. The molecular formula is C17H25NO3. The summed E-state index contributed by atoms with van der Waals surface area (Å²) in [6, 6.07) is 6.46. The molecule has 3 rings (SSSR count). The van der Waals surface area contributed by atoms with E-state index in [0.29, 0.717) is 19.3 Å². The average molecular weight is 291 g/mol. The van der Waals surface area contributed by atoms with Gasteiger partial charge < -0.3 is 19.5 Å². The van der Waals surface area contributed by atoms with Crippen molar-refractivity contribution in [2.75, 3.05) is 26.4 Å². The van der Waals surface area contributed by atoms with Crippen molar-refractivity contribution < 1.29 is 14.2 Å². The van der Waals surface area contributed by atoms with Gasteiger partial charge in [0.2, 0.25) is 0 Å². The molecule has 0 amide bonds. The van der Waals surface area contributed by atoms with Crippen LogP contribution in [0.4, 0.5) is 0 Å². The number of hydrogen-bond donors (Lipinski definition) is 1. The standard InChI is InChI=1S/C17H25NO3/c1-13(18-8-9-19-15-4-2-3-5-15)14-6-7-16-17(12-14)21-11-10-20-16/h6-7,12-13,15,18H,2-5,8-11H2,1H3. The molecule has 1 aromatic rings. The van der Waals surface area contributed by atoms with Crippen LogP contribution in [0, 0.1) is 0 Å². The summed E-state index contributed by atoms with van der Waals surface area (Å²) in [5.74, 6) is 1.70. The highest BCUT2D eigenvalue weighted by Gasteiger charge is 2.16. The predicted octanol–water partition coefficient (Wildman–Crippen LogP) is 3.07. The second-order valence-electron chi connectivity index (χ2n) is 5.86. The van der Waals surface area contributed by atoms with Gasteiger partial charge in [-0.1, -0.05) is 18.9 Å². The largest absolute Gasteiger partial charge is 0.486 e. The van der Waals surface area contributed by atoms with Crippen molar-refractivity contribution in [1.29, 1.82) is 0 Å². The number of rotatable bonds is 6. The fourth-order valence-corrected chi connectivity index (χ4v) is 3.00. The van der Waals surface area contributed by atoms with E-state index in [1.165, 1.54) is 31.2 Å². The molecule has 0 saturated heterocycles. The van der Waals surface area contributed by atoms with Gasteiger partial charge in [0.1, 0.15) is 13.2 Å². The van der Waals surface area contributed by atoms with Crippen molar-refractivity contribution in [3.05, 3.63) is 23.8 Å². The summed E-state index contributed by atoms with van der Waals surface area (Å²) in [6.07, 6.45) is 5.61. The third kappa shape index (κ3) is 3.89. The molecule has 1 aliphatic heterocycles. The molecular weight excluding hydrogens is 266 g/mol. The Kier molecular flexibility index (Phi) is 4.99. The molecule has 1 N–H and O–H groups in total. The van der Waals surface area contributed by atoms with Gasteiger partial charge in [0.05, 0.1) is 12.7 Å². The maximum atomic E-state index is 5.87. The summed E-state index contributed by atoms with van der Waals surface area (Å²) in [6.45, 7) is 5.11. The van der Waals surface area contributed by atoms with E-state index in [1.807, 2.05) is 6.07 Å². The van der Waals surface area contributed by atoms with Crippen LogP contribution in [-0.2, 0) is 4.74 Å². The summed E-state index contributed by atoms with van der Waals surface area (Å²) < 4.78 is 17.1. The van der Waals surface area contributed by atoms with E-state index in [1.54, 1.807) is 0 Å². The van der Waals surface area contributed by atoms with Gasteiger partial charge in [-0.3, -0.25) is 0 Å². The van der Waals surface area contributed by atoms with Gasteiger partial charge in [-0.05, 0) is 37.5 Å². The van der Waals surface area contributed by atoms with Gasteiger partial charge in [-0.2, -0.15) is 0 Å². The van der Waals surface area contributed by atoms with E-state index in [0.717, 1.165) is 24.7 Å². The van der Waals surface area contributed by atoms with E-state index < -0.39 is 0 Å². The number of hydrogen-bond acceptors (Lipinski definition) is 4. The number of benzene rings is 1. The Morgan fingerprint density at radius 3 is 2.76 bits per heavy atom. The van der Waals surface area contributed by atoms with Crippen molar-refractivity contribution in [3.63, 3.8) is 0 Å². The Hall–Kier alpha value is -1.26. The van der Waals surface area contributed by atoms with Crippen molar-refractivity contribution in [3.8, 4) is 11.5 Å². The fourth-order valence-electron chi connectivity index (χ4n) is 3.00. The zero-order chi connectivity index (χ0) is 14.5. The maximum Gasteiger partial charge on any atom is 0.161 e. The summed E-state index contributed by atoms with van der Waals surface area (Å²) in [7, 11) is 0. The molecule has 0 spiro atoms. The van der Waals surface area contributed by atoms with Crippen LogP contribution in [0.25, 0.3) is 0 Å². The Balaban J connectivity index is 1.45. The van der Waals surface area contributed by atoms with Crippen molar-refractivity contribution >= 4 is 0 Å². The molecule has 1 saturated carbocycles. The van der Waals surface area contributed by atoms with Gasteiger partial charge in [0.15, 0.2) is 11.5 Å². The molecule has 1 fully saturated rings. The zero-order valence-corrected chi connectivity index (χ0v) is 12.8. The monoisotopic (exact) mass is 291 g/mol. The Labute approximate surface area is 126 Å². The van der Waals surface area contributed by atoms with Crippen LogP contribution < -0.4 is 14.8 Å². The van der Waals surface area contributed by atoms with Gasteiger partial charge in [0, 0.05) is 12.6 Å². The van der Waals surface area contributed by atoms with Crippen LogP contribution in [0.5, 0.6) is 11.5 Å². The lowest BCUT2D eigenvalue weighted by Gasteiger charge is -2.21. The topological polar surface area (TPSA) is 39.7 Å². The van der Waals surface area contributed by atoms with Crippen LogP contribution in [0.15, 0.2) is 18.2 Å².